The SMILES string of the molecule is C=Cc1nc2ccccc2s1.CN1CC(Cc2ccccc2C(C)(C)C)C1. The number of nitrogens with zero attached hydrogens (tertiary/aromatic N) is 2. The predicted octanol–water partition coefficient (Wildman–Crippen LogP) is 6.03. The van der Waals surface area contributed by atoms with Gasteiger partial charge in [-0.05, 0) is 54.1 Å². The Labute approximate surface area is 167 Å². The average Bonchev–Trinajstić information content (AvgIpc) is 3.04. The van der Waals surface area contributed by atoms with Crippen LogP contribution < -0.4 is 0 Å². The van der Waals surface area contributed by atoms with E-state index in [-0.39, 0.29) is 5.41 Å². The highest BCUT2D eigenvalue weighted by Gasteiger charge is 2.25. The minimum absolute atomic E-state index is 0.270. The summed E-state index contributed by atoms with van der Waals surface area (Å²) >= 11 is 1.67. The van der Waals surface area contributed by atoms with Crippen molar-refractivity contribution in [1.82, 2.24) is 9.88 Å². The lowest BCUT2D eigenvalue weighted by Crippen LogP contribution is -2.44. The van der Waals surface area contributed by atoms with Crippen molar-refractivity contribution in [3.8, 4) is 0 Å². The Kier molecular flexibility index (Phi) is 6.13. The van der Waals surface area contributed by atoms with Crippen LogP contribution in [0.5, 0.6) is 0 Å². The zero-order valence-corrected chi connectivity index (χ0v) is 17.7. The van der Waals surface area contributed by atoms with Gasteiger partial charge < -0.3 is 4.90 Å². The highest BCUT2D eigenvalue weighted by Crippen LogP contribution is 2.29. The first kappa shape index (κ1) is 19.8. The fourth-order valence-electron chi connectivity index (χ4n) is 3.68. The maximum Gasteiger partial charge on any atom is 0.116 e. The van der Waals surface area contributed by atoms with Gasteiger partial charge in [0.1, 0.15) is 5.01 Å². The molecule has 0 spiro atoms. The number of rotatable bonds is 3. The van der Waals surface area contributed by atoms with Crippen molar-refractivity contribution in [3.63, 3.8) is 0 Å². The number of hydrogen-bond donors (Lipinski definition) is 0. The smallest absolute Gasteiger partial charge is 0.116 e. The van der Waals surface area contributed by atoms with Gasteiger partial charge in [-0.1, -0.05) is 63.7 Å². The molecule has 2 nitrogen and oxygen atoms in total. The fraction of sp³-hybridized carbons (Fsp3) is 0.375. The molecule has 1 aromatic heterocycles. The van der Waals surface area contributed by atoms with E-state index >= 15 is 0 Å². The number of benzene rings is 2. The first-order chi connectivity index (χ1) is 12.9. The highest BCUT2D eigenvalue weighted by atomic mass is 32.1. The summed E-state index contributed by atoms with van der Waals surface area (Å²) in [6, 6.07) is 17.0. The first-order valence-corrected chi connectivity index (χ1v) is 10.4. The lowest BCUT2D eigenvalue weighted by atomic mass is 9.80. The Hall–Kier alpha value is -1.97. The molecule has 0 unspecified atom stereocenters. The van der Waals surface area contributed by atoms with Gasteiger partial charge in [-0.3, -0.25) is 0 Å². The molecule has 0 atom stereocenters. The van der Waals surface area contributed by atoms with E-state index in [1.54, 1.807) is 23.0 Å². The maximum atomic E-state index is 4.33. The molecule has 0 amide bonds. The molecule has 1 aliphatic heterocycles. The van der Waals surface area contributed by atoms with Crippen molar-refractivity contribution in [3.05, 3.63) is 71.2 Å². The Bertz CT molecular complexity index is 865. The van der Waals surface area contributed by atoms with Crippen molar-refractivity contribution in [2.75, 3.05) is 20.1 Å². The Balaban J connectivity index is 0.000000166. The summed E-state index contributed by atoms with van der Waals surface area (Å²) in [4.78, 5) is 6.72. The van der Waals surface area contributed by atoms with Gasteiger partial charge in [0.15, 0.2) is 0 Å². The molecule has 0 bridgehead atoms. The van der Waals surface area contributed by atoms with Gasteiger partial charge in [-0.25, -0.2) is 4.98 Å². The number of thiazole rings is 1. The molecule has 0 radical (unpaired) electrons. The number of fused-ring (bicyclic) bond motifs is 1. The summed E-state index contributed by atoms with van der Waals surface area (Å²) in [5.74, 6) is 0.869. The molecule has 0 aliphatic carbocycles. The van der Waals surface area contributed by atoms with Gasteiger partial charge >= 0.3 is 0 Å². The lowest BCUT2D eigenvalue weighted by molar-refractivity contribution is 0.134. The summed E-state index contributed by atoms with van der Waals surface area (Å²) in [7, 11) is 2.20. The monoisotopic (exact) mass is 378 g/mol. The zero-order chi connectivity index (χ0) is 19.4. The van der Waals surface area contributed by atoms with Crippen LogP contribution in [-0.4, -0.2) is 30.0 Å². The predicted molar refractivity (Wildman–Crippen MR) is 120 cm³/mol. The summed E-state index contributed by atoms with van der Waals surface area (Å²) in [6.45, 7) is 13.1. The van der Waals surface area contributed by atoms with Crippen LogP contribution in [-0.2, 0) is 11.8 Å². The normalized spacial score (nSPS) is 15.1. The third-order valence-electron chi connectivity index (χ3n) is 4.96. The summed E-state index contributed by atoms with van der Waals surface area (Å²) in [5.41, 5.74) is 4.40. The van der Waals surface area contributed by atoms with Crippen LogP contribution in [0.25, 0.3) is 16.3 Å². The van der Waals surface area contributed by atoms with E-state index in [9.17, 15) is 0 Å². The third-order valence-corrected chi connectivity index (χ3v) is 5.99. The van der Waals surface area contributed by atoms with E-state index in [1.165, 1.54) is 29.8 Å². The minimum Gasteiger partial charge on any atom is -0.306 e. The standard InChI is InChI=1S/C15H23N.C9H7NS/c1-15(2,3)14-8-6-5-7-13(14)9-12-10-16(4)11-12;1-2-9-10-7-5-3-4-6-8(7)11-9/h5-8,12H,9-11H2,1-4H3;2-6H,1H2. The number of hydrogen-bond acceptors (Lipinski definition) is 3. The van der Waals surface area contributed by atoms with E-state index in [1.807, 2.05) is 18.2 Å². The third kappa shape index (κ3) is 5.06. The quantitative estimate of drug-likeness (QED) is 0.553. The van der Waals surface area contributed by atoms with Gasteiger partial charge in [0, 0.05) is 13.1 Å². The van der Waals surface area contributed by atoms with E-state index in [2.05, 4.69) is 74.6 Å². The second-order valence-corrected chi connectivity index (χ2v) is 9.48. The van der Waals surface area contributed by atoms with Gasteiger partial charge in [0.05, 0.1) is 10.2 Å². The average molecular weight is 379 g/mol. The first-order valence-electron chi connectivity index (χ1n) is 9.62. The van der Waals surface area contributed by atoms with Gasteiger partial charge in [-0.15, -0.1) is 11.3 Å². The molecule has 142 valence electrons. The fourth-order valence-corrected chi connectivity index (χ4v) is 4.49. The molecular weight excluding hydrogens is 348 g/mol. The van der Waals surface area contributed by atoms with Crippen molar-refractivity contribution >= 4 is 27.6 Å². The number of aromatic nitrogens is 1. The van der Waals surface area contributed by atoms with E-state index in [0.29, 0.717) is 0 Å². The molecule has 1 saturated heterocycles. The molecule has 3 heteroatoms. The molecule has 4 rings (SSSR count). The topological polar surface area (TPSA) is 16.1 Å². The number of likely N-dealkylation sites (tertiary alicyclic amines) is 1. The molecule has 3 aromatic rings. The van der Waals surface area contributed by atoms with Crippen LogP contribution in [0.1, 0.15) is 36.9 Å². The second kappa shape index (κ2) is 8.37. The molecule has 1 fully saturated rings. The van der Waals surface area contributed by atoms with Crippen LogP contribution in [0.4, 0.5) is 0 Å². The van der Waals surface area contributed by atoms with Crippen molar-refractivity contribution < 1.29 is 0 Å². The van der Waals surface area contributed by atoms with Crippen LogP contribution in [0.3, 0.4) is 0 Å². The van der Waals surface area contributed by atoms with Crippen LogP contribution >= 0.6 is 11.3 Å². The molecule has 2 aromatic carbocycles. The Morgan fingerprint density at radius 1 is 1.11 bits per heavy atom. The molecule has 0 saturated carbocycles. The Morgan fingerprint density at radius 2 is 1.78 bits per heavy atom. The van der Waals surface area contributed by atoms with Crippen LogP contribution in [0.2, 0.25) is 0 Å². The summed E-state index contributed by atoms with van der Waals surface area (Å²) in [5, 5.41) is 0.992. The molecule has 27 heavy (non-hydrogen) atoms. The Morgan fingerprint density at radius 3 is 2.41 bits per heavy atom. The largest absolute Gasteiger partial charge is 0.306 e. The van der Waals surface area contributed by atoms with E-state index < -0.39 is 0 Å². The lowest BCUT2D eigenvalue weighted by Gasteiger charge is -2.37. The van der Waals surface area contributed by atoms with E-state index in [0.717, 1.165) is 16.4 Å². The van der Waals surface area contributed by atoms with Gasteiger partial charge in [0.25, 0.3) is 0 Å². The number of para-hydroxylation sites is 1. The molecule has 1 aliphatic rings. The molecule has 2 heterocycles. The van der Waals surface area contributed by atoms with Gasteiger partial charge in [0.2, 0.25) is 0 Å². The molecule has 0 N–H and O–H groups in total. The van der Waals surface area contributed by atoms with Crippen molar-refractivity contribution in [2.45, 2.75) is 32.6 Å². The summed E-state index contributed by atoms with van der Waals surface area (Å²) < 4.78 is 1.22. The van der Waals surface area contributed by atoms with Gasteiger partial charge in [-0.2, -0.15) is 0 Å². The molecular formula is C24H30N2S. The van der Waals surface area contributed by atoms with E-state index in [4.69, 9.17) is 0 Å². The van der Waals surface area contributed by atoms with Crippen LogP contribution in [0, 0.1) is 5.92 Å². The second-order valence-electron chi connectivity index (χ2n) is 8.42. The minimum atomic E-state index is 0.270. The summed E-state index contributed by atoms with van der Waals surface area (Å²) in [6.07, 6.45) is 3.03. The van der Waals surface area contributed by atoms with Crippen molar-refractivity contribution in [2.24, 2.45) is 5.92 Å². The van der Waals surface area contributed by atoms with Crippen molar-refractivity contribution in [1.29, 1.82) is 0 Å². The maximum absolute atomic E-state index is 4.33. The highest BCUT2D eigenvalue weighted by molar-refractivity contribution is 7.19. The zero-order valence-electron chi connectivity index (χ0n) is 16.9. The van der Waals surface area contributed by atoms with Crippen LogP contribution in [0.15, 0.2) is 55.1 Å².